The van der Waals surface area contributed by atoms with Crippen LogP contribution in [0.5, 0.6) is 0 Å². The van der Waals surface area contributed by atoms with Crippen molar-refractivity contribution in [3.63, 3.8) is 0 Å². The van der Waals surface area contributed by atoms with Gasteiger partial charge in [-0.1, -0.05) is 40.9 Å². The lowest BCUT2D eigenvalue weighted by atomic mass is 9.95. The van der Waals surface area contributed by atoms with Gasteiger partial charge in [0.2, 0.25) is 0 Å². The van der Waals surface area contributed by atoms with Gasteiger partial charge in [-0.15, -0.1) is 0 Å². The van der Waals surface area contributed by atoms with E-state index in [0.29, 0.717) is 0 Å². The third-order valence-electron chi connectivity index (χ3n) is 2.98. The summed E-state index contributed by atoms with van der Waals surface area (Å²) in [5.41, 5.74) is 2.00. The minimum atomic E-state index is 0.769. The van der Waals surface area contributed by atoms with Gasteiger partial charge in [0, 0.05) is 24.5 Å². The summed E-state index contributed by atoms with van der Waals surface area (Å²) in [6.07, 6.45) is 1.35. The Balaban J connectivity index is 0. The van der Waals surface area contributed by atoms with Gasteiger partial charge < -0.3 is 4.90 Å². The molecule has 0 amide bonds. The third kappa shape index (κ3) is 9.03. The molecule has 1 aliphatic rings. The monoisotopic (exact) mass is 252 g/mol. The fourth-order valence-corrected chi connectivity index (χ4v) is 1.68. The maximum Gasteiger partial charge on any atom is 0.0293 e. The maximum absolute atomic E-state index is 3.96. The summed E-state index contributed by atoms with van der Waals surface area (Å²) in [6.45, 7) is 25.6. The fraction of sp³-hybridized carbons (Fsp3) is 0.688. The number of hydrogen-bond acceptors (Lipinski definition) is 2. The first kappa shape index (κ1) is 19.3. The number of rotatable bonds is 3. The SMILES string of the molecule is C=C(C)N1CCC(C(C)C)C1.C=NC(=C)C.CC. The third-order valence-corrected chi connectivity index (χ3v) is 2.98. The van der Waals surface area contributed by atoms with Crippen molar-refractivity contribution >= 4 is 6.72 Å². The van der Waals surface area contributed by atoms with Gasteiger partial charge in [0.1, 0.15) is 0 Å². The molecule has 1 heterocycles. The van der Waals surface area contributed by atoms with Crippen LogP contribution in [0.3, 0.4) is 0 Å². The van der Waals surface area contributed by atoms with Crippen molar-refractivity contribution in [1.82, 2.24) is 4.90 Å². The van der Waals surface area contributed by atoms with Crippen molar-refractivity contribution in [2.45, 2.75) is 48.0 Å². The Morgan fingerprint density at radius 2 is 1.67 bits per heavy atom. The molecule has 1 rings (SSSR count). The predicted octanol–water partition coefficient (Wildman–Crippen LogP) is 4.74. The second kappa shape index (κ2) is 11.1. The van der Waals surface area contributed by atoms with Crippen molar-refractivity contribution in [1.29, 1.82) is 0 Å². The van der Waals surface area contributed by atoms with E-state index < -0.39 is 0 Å². The number of hydrogen-bond donors (Lipinski definition) is 0. The molecule has 2 heteroatoms. The van der Waals surface area contributed by atoms with Gasteiger partial charge in [-0.05, 0) is 38.8 Å². The van der Waals surface area contributed by atoms with Gasteiger partial charge in [0.15, 0.2) is 0 Å². The van der Waals surface area contributed by atoms with E-state index in [4.69, 9.17) is 0 Å². The Labute approximate surface area is 114 Å². The molecule has 0 spiro atoms. The van der Waals surface area contributed by atoms with Crippen LogP contribution in [0.15, 0.2) is 29.5 Å². The van der Waals surface area contributed by atoms with Gasteiger partial charge >= 0.3 is 0 Å². The van der Waals surface area contributed by atoms with Crippen LogP contribution in [0.2, 0.25) is 0 Å². The molecule has 2 nitrogen and oxygen atoms in total. The molecule has 1 aliphatic heterocycles. The molecule has 1 atom stereocenters. The molecule has 0 saturated carbocycles. The van der Waals surface area contributed by atoms with Crippen LogP contribution in [-0.4, -0.2) is 24.7 Å². The first-order chi connectivity index (χ1) is 8.38. The van der Waals surface area contributed by atoms with Crippen molar-refractivity contribution in [3.8, 4) is 0 Å². The van der Waals surface area contributed by atoms with Crippen molar-refractivity contribution in [2.24, 2.45) is 16.8 Å². The zero-order valence-electron chi connectivity index (χ0n) is 13.3. The molecule has 0 bridgehead atoms. The van der Waals surface area contributed by atoms with E-state index in [9.17, 15) is 0 Å². The lowest BCUT2D eigenvalue weighted by Crippen LogP contribution is -2.19. The second-order valence-electron chi connectivity index (χ2n) is 4.87. The Morgan fingerprint density at radius 1 is 1.22 bits per heavy atom. The summed E-state index contributed by atoms with van der Waals surface area (Å²) in [5, 5.41) is 0. The predicted molar refractivity (Wildman–Crippen MR) is 85.0 cm³/mol. The minimum absolute atomic E-state index is 0.769. The smallest absolute Gasteiger partial charge is 0.0293 e. The summed E-state index contributed by atoms with van der Waals surface area (Å²) >= 11 is 0. The Hall–Kier alpha value is -1.05. The van der Waals surface area contributed by atoms with Crippen LogP contribution in [-0.2, 0) is 0 Å². The Bertz CT molecular complexity index is 254. The average molecular weight is 252 g/mol. The van der Waals surface area contributed by atoms with E-state index in [1.807, 2.05) is 13.8 Å². The molecular formula is C16H32N2. The van der Waals surface area contributed by atoms with E-state index in [-0.39, 0.29) is 0 Å². The summed E-state index contributed by atoms with van der Waals surface area (Å²) in [4.78, 5) is 5.84. The zero-order chi connectivity index (χ0) is 14.7. The van der Waals surface area contributed by atoms with E-state index >= 15 is 0 Å². The largest absolute Gasteiger partial charge is 0.375 e. The van der Waals surface area contributed by atoms with Gasteiger partial charge in [-0.25, -0.2) is 0 Å². The summed E-state index contributed by atoms with van der Waals surface area (Å²) in [5.74, 6) is 1.73. The summed E-state index contributed by atoms with van der Waals surface area (Å²) < 4.78 is 0. The highest BCUT2D eigenvalue weighted by atomic mass is 15.2. The summed E-state index contributed by atoms with van der Waals surface area (Å²) in [7, 11) is 0. The van der Waals surface area contributed by atoms with Crippen LogP contribution >= 0.6 is 0 Å². The zero-order valence-corrected chi connectivity index (χ0v) is 13.3. The number of allylic oxidation sites excluding steroid dienone is 2. The Morgan fingerprint density at radius 3 is 1.83 bits per heavy atom. The molecule has 0 N–H and O–H groups in total. The number of likely N-dealkylation sites (tertiary alicyclic amines) is 1. The molecular weight excluding hydrogens is 220 g/mol. The quantitative estimate of drug-likeness (QED) is 0.662. The van der Waals surface area contributed by atoms with E-state index in [0.717, 1.165) is 17.5 Å². The van der Waals surface area contributed by atoms with Crippen LogP contribution < -0.4 is 0 Å². The molecule has 0 aromatic carbocycles. The molecule has 1 unspecified atom stereocenters. The first-order valence-corrected chi connectivity index (χ1v) is 6.91. The molecule has 106 valence electrons. The standard InChI is InChI=1S/C10H19N.C4H7N.C2H6/c1-8(2)10-5-6-11(7-10)9(3)4;1-4(2)5-3;1-2/h8,10H,3,5-7H2,1-2,4H3;1,3H2,2H3;1-2H3. The topological polar surface area (TPSA) is 15.6 Å². The van der Waals surface area contributed by atoms with Gasteiger partial charge in [0.05, 0.1) is 0 Å². The van der Waals surface area contributed by atoms with E-state index in [1.54, 1.807) is 6.92 Å². The lowest BCUT2D eigenvalue weighted by Gasteiger charge is -2.19. The average Bonchev–Trinajstić information content (AvgIpc) is 2.82. The molecule has 1 saturated heterocycles. The molecule has 0 radical (unpaired) electrons. The highest BCUT2D eigenvalue weighted by Crippen LogP contribution is 2.25. The normalized spacial score (nSPS) is 17.3. The van der Waals surface area contributed by atoms with E-state index in [1.165, 1.54) is 25.2 Å². The molecule has 0 aliphatic carbocycles. The summed E-state index contributed by atoms with van der Waals surface area (Å²) in [6, 6.07) is 0. The maximum atomic E-state index is 3.96. The van der Waals surface area contributed by atoms with Crippen LogP contribution in [0.25, 0.3) is 0 Å². The van der Waals surface area contributed by atoms with E-state index in [2.05, 4.69) is 50.5 Å². The van der Waals surface area contributed by atoms with Gasteiger partial charge in [-0.3, -0.25) is 4.99 Å². The van der Waals surface area contributed by atoms with Crippen LogP contribution in [0, 0.1) is 11.8 Å². The Kier molecular flexibility index (Phi) is 11.9. The van der Waals surface area contributed by atoms with Crippen LogP contribution in [0.1, 0.15) is 48.0 Å². The van der Waals surface area contributed by atoms with Crippen LogP contribution in [0.4, 0.5) is 0 Å². The highest BCUT2D eigenvalue weighted by molar-refractivity contribution is 5.27. The molecule has 0 aromatic rings. The van der Waals surface area contributed by atoms with Crippen molar-refractivity contribution in [2.75, 3.05) is 13.1 Å². The lowest BCUT2D eigenvalue weighted by molar-refractivity contribution is 0.358. The fourth-order valence-electron chi connectivity index (χ4n) is 1.68. The van der Waals surface area contributed by atoms with Gasteiger partial charge in [0.25, 0.3) is 0 Å². The van der Waals surface area contributed by atoms with Crippen molar-refractivity contribution < 1.29 is 0 Å². The number of nitrogens with zero attached hydrogens (tertiary/aromatic N) is 2. The highest BCUT2D eigenvalue weighted by Gasteiger charge is 2.23. The second-order valence-corrected chi connectivity index (χ2v) is 4.87. The first-order valence-electron chi connectivity index (χ1n) is 6.91. The molecule has 0 aromatic heterocycles. The van der Waals surface area contributed by atoms with Crippen molar-refractivity contribution in [3.05, 3.63) is 24.6 Å². The molecule has 1 fully saturated rings. The van der Waals surface area contributed by atoms with Gasteiger partial charge in [-0.2, -0.15) is 0 Å². The molecule has 18 heavy (non-hydrogen) atoms. The number of aliphatic imine (C=N–C) groups is 1. The minimum Gasteiger partial charge on any atom is -0.375 e.